The van der Waals surface area contributed by atoms with Crippen molar-refractivity contribution in [1.82, 2.24) is 41.5 Å². The number of carbonyl (C=O) groups is 8. The Morgan fingerprint density at radius 3 is 1.97 bits per heavy atom. The Labute approximate surface area is 332 Å². The van der Waals surface area contributed by atoms with E-state index < -0.39 is 96.2 Å². The van der Waals surface area contributed by atoms with E-state index in [0.717, 1.165) is 10.9 Å². The standard InChI is InChI=1S/C37H52N10O11/c1-18(2)12-26(44-33(53)25(9-10-29(39)49)43-32(52)23(38)8-11-30(50)51)35(55)47-31(19(3)48)36(56)45-27(14-21-16-40-17-42-21)34(54)46-28(37(57)58)13-20-15-41-24-7-5-4-6-22(20)24/h4-7,15-19,23,25-28,31,41,48H,8-14,38H2,1-3H3,(H2,39,49)(H,40,42)(H,43,52)(H,44,53)(H,45,56)(H,46,54)(H,47,55)(H,50,51)(H,57,58)/t19-,23+,25+,26+,27+,28+,31+/m1/s1. The van der Waals surface area contributed by atoms with Crippen molar-refractivity contribution in [2.45, 2.75) is 108 Å². The molecule has 0 spiro atoms. The van der Waals surface area contributed by atoms with E-state index in [1.165, 1.54) is 19.4 Å². The van der Waals surface area contributed by atoms with E-state index in [1.807, 2.05) is 12.1 Å². The number of hydrogen-bond donors (Lipinski definition) is 12. The average molecular weight is 813 g/mol. The number of H-pyrrole nitrogens is 2. The van der Waals surface area contributed by atoms with Crippen LogP contribution in [0.15, 0.2) is 43.0 Å². The van der Waals surface area contributed by atoms with E-state index in [4.69, 9.17) is 16.6 Å². The van der Waals surface area contributed by atoms with Crippen molar-refractivity contribution in [1.29, 1.82) is 0 Å². The molecule has 21 nitrogen and oxygen atoms in total. The number of aliphatic hydroxyl groups excluding tert-OH is 1. The molecule has 0 aliphatic carbocycles. The number of amides is 6. The number of aromatic amines is 2. The van der Waals surface area contributed by atoms with Crippen LogP contribution in [-0.2, 0) is 51.2 Å². The number of imidazole rings is 1. The van der Waals surface area contributed by atoms with Gasteiger partial charge in [-0.15, -0.1) is 0 Å². The molecule has 3 rings (SSSR count). The molecule has 0 radical (unpaired) electrons. The fourth-order valence-electron chi connectivity index (χ4n) is 5.96. The highest BCUT2D eigenvalue weighted by Crippen LogP contribution is 2.19. The Bertz CT molecular complexity index is 1910. The van der Waals surface area contributed by atoms with Gasteiger partial charge in [0.25, 0.3) is 0 Å². The Morgan fingerprint density at radius 1 is 0.741 bits per heavy atom. The molecule has 316 valence electrons. The van der Waals surface area contributed by atoms with Gasteiger partial charge in [0.05, 0.1) is 18.5 Å². The molecule has 0 bridgehead atoms. The molecule has 0 aliphatic rings. The van der Waals surface area contributed by atoms with Gasteiger partial charge in [-0.05, 0) is 43.7 Å². The van der Waals surface area contributed by atoms with Crippen LogP contribution in [-0.4, -0.2) is 120 Å². The lowest BCUT2D eigenvalue weighted by molar-refractivity contribution is -0.142. The molecule has 0 saturated carbocycles. The smallest absolute Gasteiger partial charge is 0.326 e. The molecule has 0 unspecified atom stereocenters. The number of carbonyl (C=O) groups excluding carboxylic acids is 6. The second kappa shape index (κ2) is 21.8. The number of rotatable bonds is 24. The van der Waals surface area contributed by atoms with Crippen molar-refractivity contribution in [3.05, 3.63) is 54.2 Å². The number of aliphatic carboxylic acids is 2. The molecule has 21 heteroatoms. The Kier molecular flexibility index (Phi) is 17.3. The normalized spacial score (nSPS) is 14.9. The van der Waals surface area contributed by atoms with E-state index in [1.54, 1.807) is 32.2 Å². The van der Waals surface area contributed by atoms with Crippen LogP contribution in [0.2, 0.25) is 0 Å². The number of nitrogens with zero attached hydrogens (tertiary/aromatic N) is 1. The second-order valence-electron chi connectivity index (χ2n) is 14.3. The third-order valence-electron chi connectivity index (χ3n) is 9.05. The van der Waals surface area contributed by atoms with E-state index in [2.05, 4.69) is 41.5 Å². The predicted molar refractivity (Wildman–Crippen MR) is 206 cm³/mol. The monoisotopic (exact) mass is 812 g/mol. The van der Waals surface area contributed by atoms with Gasteiger partial charge < -0.3 is 63.3 Å². The summed E-state index contributed by atoms with van der Waals surface area (Å²) in [5, 5.41) is 42.6. The average Bonchev–Trinajstić information content (AvgIpc) is 3.82. The zero-order valence-electron chi connectivity index (χ0n) is 32.3. The lowest BCUT2D eigenvalue weighted by Gasteiger charge is -2.28. The third-order valence-corrected chi connectivity index (χ3v) is 9.05. The van der Waals surface area contributed by atoms with Gasteiger partial charge in [0.2, 0.25) is 35.4 Å². The SMILES string of the molecule is CC(C)C[C@H](NC(=O)[C@H](CCC(N)=O)NC(=O)[C@@H](N)CCC(=O)O)C(=O)N[C@H](C(=O)N[C@@H](Cc1cnc[nH]1)C(=O)N[C@@H](Cc1c[nH]c2ccccc12)C(=O)O)[C@@H](C)O. The number of hydrogen-bond acceptors (Lipinski definition) is 11. The highest BCUT2D eigenvalue weighted by Gasteiger charge is 2.35. The molecule has 0 aliphatic heterocycles. The van der Waals surface area contributed by atoms with Crippen LogP contribution in [0.4, 0.5) is 0 Å². The second-order valence-corrected chi connectivity index (χ2v) is 14.3. The molecular formula is C37H52N10O11. The molecule has 7 atom stereocenters. The van der Waals surface area contributed by atoms with Crippen LogP contribution in [0.3, 0.4) is 0 Å². The van der Waals surface area contributed by atoms with Crippen molar-refractivity contribution in [3.8, 4) is 0 Å². The van der Waals surface area contributed by atoms with Crippen molar-refractivity contribution in [2.24, 2.45) is 17.4 Å². The first-order valence-corrected chi connectivity index (χ1v) is 18.6. The maximum atomic E-state index is 13.8. The number of nitrogens with two attached hydrogens (primary N) is 2. The summed E-state index contributed by atoms with van der Waals surface area (Å²) in [6.45, 7) is 4.68. The van der Waals surface area contributed by atoms with E-state index >= 15 is 0 Å². The van der Waals surface area contributed by atoms with Gasteiger partial charge in [0, 0.05) is 54.7 Å². The third kappa shape index (κ3) is 14.3. The molecule has 6 amide bonds. The number of para-hydroxylation sites is 1. The minimum atomic E-state index is -1.70. The van der Waals surface area contributed by atoms with Gasteiger partial charge in [0.1, 0.15) is 30.2 Å². The lowest BCUT2D eigenvalue weighted by Crippen LogP contribution is -2.61. The topological polar surface area (TPSA) is 354 Å². The van der Waals surface area contributed by atoms with Crippen LogP contribution in [0.5, 0.6) is 0 Å². The number of benzene rings is 1. The largest absolute Gasteiger partial charge is 0.481 e. The van der Waals surface area contributed by atoms with Crippen LogP contribution in [0.25, 0.3) is 10.9 Å². The van der Waals surface area contributed by atoms with Crippen molar-refractivity contribution in [2.75, 3.05) is 0 Å². The summed E-state index contributed by atoms with van der Waals surface area (Å²) in [4.78, 5) is 112. The van der Waals surface area contributed by atoms with Gasteiger partial charge in [-0.2, -0.15) is 0 Å². The number of aliphatic hydroxyl groups is 1. The van der Waals surface area contributed by atoms with E-state index in [-0.39, 0.29) is 44.4 Å². The summed E-state index contributed by atoms with van der Waals surface area (Å²) in [5.74, 6) is -8.21. The highest BCUT2D eigenvalue weighted by molar-refractivity contribution is 5.97. The van der Waals surface area contributed by atoms with Gasteiger partial charge in [-0.3, -0.25) is 33.6 Å². The molecule has 3 aromatic rings. The minimum Gasteiger partial charge on any atom is -0.481 e. The molecule has 2 aromatic heterocycles. The number of fused-ring (bicyclic) bond motifs is 1. The van der Waals surface area contributed by atoms with E-state index in [9.17, 15) is 48.6 Å². The van der Waals surface area contributed by atoms with Gasteiger partial charge in [-0.25, -0.2) is 9.78 Å². The van der Waals surface area contributed by atoms with Crippen LogP contribution >= 0.6 is 0 Å². The number of nitrogens with one attached hydrogen (secondary N) is 7. The Balaban J connectivity index is 1.80. The summed E-state index contributed by atoms with van der Waals surface area (Å²) in [5.41, 5.74) is 12.8. The van der Waals surface area contributed by atoms with Crippen molar-refractivity contribution >= 4 is 58.3 Å². The molecule has 0 saturated heterocycles. The molecule has 14 N–H and O–H groups in total. The summed E-state index contributed by atoms with van der Waals surface area (Å²) < 4.78 is 0. The fraction of sp³-hybridized carbons (Fsp3) is 0.486. The molecule has 1 aromatic carbocycles. The molecular weight excluding hydrogens is 760 g/mol. The molecule has 0 fully saturated rings. The number of carboxylic acid groups (broad SMARTS) is 2. The zero-order valence-corrected chi connectivity index (χ0v) is 32.3. The van der Waals surface area contributed by atoms with Crippen LogP contribution in [0.1, 0.15) is 64.1 Å². The van der Waals surface area contributed by atoms with E-state index in [0.29, 0.717) is 11.3 Å². The van der Waals surface area contributed by atoms with Gasteiger partial charge in [-0.1, -0.05) is 32.0 Å². The van der Waals surface area contributed by atoms with Gasteiger partial charge in [0.15, 0.2) is 0 Å². The minimum absolute atomic E-state index is 0.00179. The highest BCUT2D eigenvalue weighted by atomic mass is 16.4. The summed E-state index contributed by atoms with van der Waals surface area (Å²) >= 11 is 0. The Morgan fingerprint density at radius 2 is 1.36 bits per heavy atom. The summed E-state index contributed by atoms with van der Waals surface area (Å²) in [7, 11) is 0. The first kappa shape index (κ1) is 46.0. The van der Waals surface area contributed by atoms with Gasteiger partial charge >= 0.3 is 11.9 Å². The Hall–Kier alpha value is -6.35. The maximum Gasteiger partial charge on any atom is 0.326 e. The number of primary amides is 1. The van der Waals surface area contributed by atoms with Crippen molar-refractivity contribution in [3.63, 3.8) is 0 Å². The van der Waals surface area contributed by atoms with Crippen LogP contribution < -0.4 is 38.1 Å². The van der Waals surface area contributed by atoms with Crippen molar-refractivity contribution < 1.29 is 53.7 Å². The molecule has 2 heterocycles. The lowest BCUT2D eigenvalue weighted by atomic mass is 10.0. The first-order valence-electron chi connectivity index (χ1n) is 18.6. The zero-order chi connectivity index (χ0) is 43.1. The number of aromatic nitrogens is 3. The molecule has 58 heavy (non-hydrogen) atoms. The quantitative estimate of drug-likeness (QED) is 0.0470. The first-order chi connectivity index (χ1) is 27.4. The summed E-state index contributed by atoms with van der Waals surface area (Å²) in [6, 6.07) is -1.44. The number of carboxylic acids is 2. The predicted octanol–water partition coefficient (Wildman–Crippen LogP) is -1.93. The summed E-state index contributed by atoms with van der Waals surface area (Å²) in [6.07, 6.45) is 1.20. The maximum absolute atomic E-state index is 13.8. The van der Waals surface area contributed by atoms with Crippen LogP contribution in [0, 0.1) is 5.92 Å². The fourth-order valence-corrected chi connectivity index (χ4v) is 5.96.